The highest BCUT2D eigenvalue weighted by Gasteiger charge is 2.30. The van der Waals surface area contributed by atoms with Gasteiger partial charge >= 0.3 is 12.1 Å². The number of ether oxygens (including phenoxy) is 2. The van der Waals surface area contributed by atoms with Gasteiger partial charge in [-0.1, -0.05) is 30.3 Å². The summed E-state index contributed by atoms with van der Waals surface area (Å²) in [4.78, 5) is 22.8. The van der Waals surface area contributed by atoms with E-state index in [0.717, 1.165) is 7.11 Å². The van der Waals surface area contributed by atoms with Crippen LogP contribution in [0.4, 0.5) is 4.79 Å². The molecule has 2 N–H and O–H groups in total. The lowest BCUT2D eigenvalue weighted by molar-refractivity contribution is -0.152. The van der Waals surface area contributed by atoms with Gasteiger partial charge in [-0.25, -0.2) is 9.59 Å². The van der Waals surface area contributed by atoms with E-state index in [1.54, 1.807) is 37.3 Å². The van der Waals surface area contributed by atoms with Gasteiger partial charge in [-0.2, -0.15) is 0 Å². The van der Waals surface area contributed by atoms with Crippen LogP contribution in [0.3, 0.4) is 0 Å². The topological polar surface area (TPSA) is 84.9 Å². The Hall–Kier alpha value is -2.08. The fourth-order valence-corrected chi connectivity index (χ4v) is 1.56. The summed E-state index contributed by atoms with van der Waals surface area (Å²) in [7, 11) is 1.16. The van der Waals surface area contributed by atoms with Gasteiger partial charge in [-0.3, -0.25) is 0 Å². The monoisotopic (exact) mass is 267 g/mol. The molecule has 0 spiro atoms. The number of rotatable bonds is 5. The molecule has 0 aliphatic heterocycles. The Kier molecular flexibility index (Phi) is 5.81. The number of nitrogens with one attached hydrogen (secondary N) is 1. The second kappa shape index (κ2) is 7.38. The lowest BCUT2D eigenvalue weighted by Gasteiger charge is -2.22. The largest absolute Gasteiger partial charge is 0.467 e. The zero-order chi connectivity index (χ0) is 14.3. The Balaban J connectivity index is 2.91. The van der Waals surface area contributed by atoms with Crippen LogP contribution in [0.15, 0.2) is 30.3 Å². The van der Waals surface area contributed by atoms with Crippen LogP contribution < -0.4 is 5.32 Å². The molecule has 104 valence electrons. The molecule has 0 saturated heterocycles. The number of esters is 1. The van der Waals surface area contributed by atoms with Gasteiger partial charge in [0.1, 0.15) is 0 Å². The zero-order valence-corrected chi connectivity index (χ0v) is 10.8. The highest BCUT2D eigenvalue weighted by Crippen LogP contribution is 2.18. The van der Waals surface area contributed by atoms with Crippen LogP contribution in [0.1, 0.15) is 18.5 Å². The molecule has 2 atom stereocenters. The Labute approximate surface area is 111 Å². The number of methoxy groups -OCH3 is 1. The molecule has 1 rings (SSSR count). The average Bonchev–Trinajstić information content (AvgIpc) is 2.44. The molecule has 0 aliphatic rings. The molecular weight excluding hydrogens is 250 g/mol. The molecule has 6 heteroatoms. The van der Waals surface area contributed by atoms with E-state index in [1.807, 2.05) is 0 Å². The molecule has 0 fully saturated rings. The van der Waals surface area contributed by atoms with Crippen LogP contribution in [0.2, 0.25) is 0 Å². The lowest BCUT2D eigenvalue weighted by atomic mass is 10.0. The van der Waals surface area contributed by atoms with E-state index in [1.165, 1.54) is 0 Å². The van der Waals surface area contributed by atoms with Crippen LogP contribution >= 0.6 is 0 Å². The summed E-state index contributed by atoms with van der Waals surface area (Å²) in [5.41, 5.74) is 0.577. The fraction of sp³-hybridized carbons (Fsp3) is 0.385. The normalized spacial score (nSPS) is 13.2. The summed E-state index contributed by atoms with van der Waals surface area (Å²) >= 11 is 0. The first-order valence-electron chi connectivity index (χ1n) is 5.84. The summed E-state index contributed by atoms with van der Waals surface area (Å²) in [5, 5.41) is 12.3. The standard InChI is InChI=1S/C13H17NO5/c1-3-19-13(17)14-10(11(15)12(16)18-2)9-7-5-4-6-8-9/h4-8,10-11,15H,3H2,1-2H3,(H,14,17)/t10-,11+/m0/s1. The first-order valence-corrected chi connectivity index (χ1v) is 5.84. The second-order valence-electron chi connectivity index (χ2n) is 3.72. The number of aliphatic hydroxyl groups is 1. The van der Waals surface area contributed by atoms with E-state index in [0.29, 0.717) is 5.56 Å². The third kappa shape index (κ3) is 4.26. The van der Waals surface area contributed by atoms with E-state index in [-0.39, 0.29) is 6.61 Å². The minimum Gasteiger partial charge on any atom is -0.467 e. The van der Waals surface area contributed by atoms with E-state index in [2.05, 4.69) is 10.1 Å². The highest BCUT2D eigenvalue weighted by atomic mass is 16.6. The van der Waals surface area contributed by atoms with Crippen molar-refractivity contribution in [1.29, 1.82) is 0 Å². The van der Waals surface area contributed by atoms with Crippen molar-refractivity contribution in [3.63, 3.8) is 0 Å². The van der Waals surface area contributed by atoms with Gasteiger partial charge < -0.3 is 19.9 Å². The molecule has 0 heterocycles. The molecule has 19 heavy (non-hydrogen) atoms. The summed E-state index contributed by atoms with van der Waals surface area (Å²) in [6, 6.07) is 7.70. The lowest BCUT2D eigenvalue weighted by Crippen LogP contribution is -2.41. The number of benzene rings is 1. The Morgan fingerprint density at radius 2 is 1.95 bits per heavy atom. The Bertz CT molecular complexity index is 420. The smallest absolute Gasteiger partial charge is 0.407 e. The first kappa shape index (κ1) is 15.0. The third-order valence-electron chi connectivity index (χ3n) is 2.47. The highest BCUT2D eigenvalue weighted by molar-refractivity contribution is 5.77. The number of amides is 1. The number of aliphatic hydroxyl groups excluding tert-OH is 1. The maximum Gasteiger partial charge on any atom is 0.407 e. The maximum absolute atomic E-state index is 11.4. The number of carbonyl (C=O) groups excluding carboxylic acids is 2. The Morgan fingerprint density at radius 3 is 2.47 bits per heavy atom. The van der Waals surface area contributed by atoms with Gasteiger partial charge in [-0.15, -0.1) is 0 Å². The van der Waals surface area contributed by atoms with Crippen LogP contribution in [-0.2, 0) is 14.3 Å². The Morgan fingerprint density at radius 1 is 1.32 bits per heavy atom. The van der Waals surface area contributed by atoms with Crippen LogP contribution in [0.5, 0.6) is 0 Å². The van der Waals surface area contributed by atoms with Crippen molar-refractivity contribution in [3.05, 3.63) is 35.9 Å². The van der Waals surface area contributed by atoms with E-state index < -0.39 is 24.2 Å². The van der Waals surface area contributed by atoms with Gasteiger partial charge in [0.25, 0.3) is 0 Å². The van der Waals surface area contributed by atoms with E-state index in [9.17, 15) is 14.7 Å². The minimum absolute atomic E-state index is 0.196. The number of alkyl carbamates (subject to hydrolysis) is 1. The fourth-order valence-electron chi connectivity index (χ4n) is 1.56. The minimum atomic E-state index is -1.50. The molecule has 0 aliphatic carbocycles. The van der Waals surface area contributed by atoms with Crippen LogP contribution in [-0.4, -0.2) is 37.0 Å². The molecule has 0 saturated carbocycles. The summed E-state index contributed by atoms with van der Waals surface area (Å²) in [6.07, 6.45) is -2.21. The van der Waals surface area contributed by atoms with E-state index >= 15 is 0 Å². The molecule has 6 nitrogen and oxygen atoms in total. The predicted molar refractivity (Wildman–Crippen MR) is 67.4 cm³/mol. The van der Waals surface area contributed by atoms with Gasteiger partial charge in [-0.05, 0) is 12.5 Å². The van der Waals surface area contributed by atoms with Crippen molar-refractivity contribution in [2.24, 2.45) is 0 Å². The molecule has 0 radical (unpaired) electrons. The van der Waals surface area contributed by atoms with Gasteiger partial charge in [0.15, 0.2) is 6.10 Å². The first-order chi connectivity index (χ1) is 9.10. The summed E-state index contributed by atoms with van der Waals surface area (Å²) in [6.45, 7) is 1.86. The van der Waals surface area contributed by atoms with Crippen LogP contribution in [0, 0.1) is 0 Å². The number of hydrogen-bond acceptors (Lipinski definition) is 5. The zero-order valence-electron chi connectivity index (χ0n) is 10.8. The quantitative estimate of drug-likeness (QED) is 0.778. The van der Waals surface area contributed by atoms with Crippen molar-refractivity contribution in [2.45, 2.75) is 19.1 Å². The van der Waals surface area contributed by atoms with E-state index in [4.69, 9.17) is 4.74 Å². The van der Waals surface area contributed by atoms with Gasteiger partial charge in [0.2, 0.25) is 0 Å². The van der Waals surface area contributed by atoms with Gasteiger partial charge in [0.05, 0.1) is 19.8 Å². The number of hydrogen-bond donors (Lipinski definition) is 2. The summed E-state index contributed by atoms with van der Waals surface area (Å²) in [5.74, 6) is -0.828. The molecule has 0 aromatic heterocycles. The predicted octanol–water partition coefficient (Wildman–Crippen LogP) is 1.01. The SMILES string of the molecule is CCOC(=O)N[C@@H](c1ccccc1)[C@@H](O)C(=O)OC. The number of carbonyl (C=O) groups is 2. The summed E-state index contributed by atoms with van der Waals surface area (Å²) < 4.78 is 9.22. The van der Waals surface area contributed by atoms with Crippen molar-refractivity contribution < 1.29 is 24.2 Å². The van der Waals surface area contributed by atoms with Crippen molar-refractivity contribution in [3.8, 4) is 0 Å². The van der Waals surface area contributed by atoms with Crippen LogP contribution in [0.25, 0.3) is 0 Å². The van der Waals surface area contributed by atoms with Crippen molar-refractivity contribution in [2.75, 3.05) is 13.7 Å². The molecule has 1 aromatic carbocycles. The second-order valence-corrected chi connectivity index (χ2v) is 3.72. The van der Waals surface area contributed by atoms with Crippen molar-refractivity contribution in [1.82, 2.24) is 5.32 Å². The third-order valence-corrected chi connectivity index (χ3v) is 2.47. The molecule has 0 bridgehead atoms. The molecular formula is C13H17NO5. The average molecular weight is 267 g/mol. The molecule has 1 aromatic rings. The molecule has 0 unspecified atom stereocenters. The molecule has 1 amide bonds. The van der Waals surface area contributed by atoms with Gasteiger partial charge in [0, 0.05) is 0 Å². The van der Waals surface area contributed by atoms with Crippen molar-refractivity contribution >= 4 is 12.1 Å². The maximum atomic E-state index is 11.4.